The van der Waals surface area contributed by atoms with Crippen molar-refractivity contribution < 1.29 is 14.3 Å². The minimum absolute atomic E-state index is 0. The quantitative estimate of drug-likeness (QED) is 0.428. The van der Waals surface area contributed by atoms with E-state index < -0.39 is 5.91 Å². The molecule has 1 amide bonds. The molecule has 0 saturated carbocycles. The van der Waals surface area contributed by atoms with E-state index in [0.717, 1.165) is 16.6 Å². The monoisotopic (exact) mass is 453 g/mol. The molecule has 32 heavy (non-hydrogen) atoms. The lowest BCUT2D eigenvalue weighted by atomic mass is 10.1. The van der Waals surface area contributed by atoms with Crippen molar-refractivity contribution in [3.8, 4) is 11.5 Å². The second-order valence-electron chi connectivity index (χ2n) is 7.55. The lowest BCUT2D eigenvalue weighted by Crippen LogP contribution is -2.23. The van der Waals surface area contributed by atoms with Gasteiger partial charge >= 0.3 is 0 Å². The van der Waals surface area contributed by atoms with Crippen LogP contribution in [0.4, 0.5) is 17.2 Å². The van der Waals surface area contributed by atoms with E-state index in [1.807, 2.05) is 19.2 Å². The summed E-state index contributed by atoms with van der Waals surface area (Å²) in [6.45, 7) is 1.21. The number of hydrogen-bond donors (Lipinski definition) is 3. The van der Waals surface area contributed by atoms with E-state index in [1.165, 1.54) is 6.26 Å². The van der Waals surface area contributed by atoms with Crippen molar-refractivity contribution in [2.45, 2.75) is 12.5 Å². The lowest BCUT2D eigenvalue weighted by molar-refractivity contribution is 0.102. The summed E-state index contributed by atoms with van der Waals surface area (Å²) in [6.07, 6.45) is 4.93. The summed E-state index contributed by atoms with van der Waals surface area (Å²) in [5.74, 6) is 0.215. The fraction of sp³-hybridized carbons (Fsp3) is 0.238. The van der Waals surface area contributed by atoms with Crippen molar-refractivity contribution in [3.05, 3.63) is 48.6 Å². The normalized spacial score (nSPS) is 15.7. The fourth-order valence-electron chi connectivity index (χ4n) is 3.79. The standard InChI is InChI=1S/C21H21N7O3.H2S/c1-27-17-8-15(18(6-13(17)9-24-27)28-5-3-14(29)10-28)25-20(30)16-11-31-21(26-16)12-2-4-23-19(22)7-12;/h2,4,6-9,11,14,29H,3,5,10H2,1H3,(H2,22,23)(H,25,30);1H2/t14-;/m0./s1. The molecule has 0 unspecified atom stereocenters. The van der Waals surface area contributed by atoms with Crippen LogP contribution in [0.2, 0.25) is 0 Å². The van der Waals surface area contributed by atoms with Gasteiger partial charge in [0.25, 0.3) is 5.91 Å². The van der Waals surface area contributed by atoms with E-state index >= 15 is 0 Å². The molecule has 10 nitrogen and oxygen atoms in total. The van der Waals surface area contributed by atoms with Gasteiger partial charge in [0.05, 0.1) is 29.2 Å². The molecule has 0 aliphatic carbocycles. The molecule has 0 radical (unpaired) electrons. The summed E-state index contributed by atoms with van der Waals surface area (Å²) >= 11 is 0. The van der Waals surface area contributed by atoms with E-state index in [1.54, 1.807) is 29.2 Å². The second kappa shape index (κ2) is 8.52. The first-order chi connectivity index (χ1) is 15.0. The predicted octanol–water partition coefficient (Wildman–Crippen LogP) is 2.14. The van der Waals surface area contributed by atoms with Crippen LogP contribution in [-0.2, 0) is 7.05 Å². The number of fused-ring (bicyclic) bond motifs is 1. The highest BCUT2D eigenvalue weighted by atomic mass is 32.1. The number of aliphatic hydroxyl groups is 1. The van der Waals surface area contributed by atoms with E-state index in [0.29, 0.717) is 36.6 Å². The van der Waals surface area contributed by atoms with Crippen molar-refractivity contribution in [2.24, 2.45) is 7.05 Å². The number of aromatic nitrogens is 4. The van der Waals surface area contributed by atoms with Gasteiger partial charge in [-0.15, -0.1) is 0 Å². The number of nitrogens with zero attached hydrogens (tertiary/aromatic N) is 5. The summed E-state index contributed by atoms with van der Waals surface area (Å²) in [7, 11) is 1.84. The first kappa shape index (κ1) is 21.7. The number of aliphatic hydroxyl groups excluding tert-OH is 1. The van der Waals surface area contributed by atoms with Crippen LogP contribution >= 0.6 is 13.5 Å². The Morgan fingerprint density at radius 3 is 2.94 bits per heavy atom. The molecule has 4 N–H and O–H groups in total. The Bertz CT molecular complexity index is 1290. The maximum absolute atomic E-state index is 13.0. The Hall–Kier alpha value is -3.57. The van der Waals surface area contributed by atoms with Gasteiger partial charge in [0.2, 0.25) is 5.89 Å². The van der Waals surface area contributed by atoms with Crippen LogP contribution in [0.15, 0.2) is 47.3 Å². The van der Waals surface area contributed by atoms with Gasteiger partial charge in [-0.25, -0.2) is 9.97 Å². The van der Waals surface area contributed by atoms with E-state index in [4.69, 9.17) is 10.2 Å². The van der Waals surface area contributed by atoms with Crippen molar-refractivity contribution in [1.29, 1.82) is 0 Å². The van der Waals surface area contributed by atoms with Gasteiger partial charge in [-0.1, -0.05) is 0 Å². The molecule has 4 heterocycles. The van der Waals surface area contributed by atoms with Crippen LogP contribution in [0, 0.1) is 0 Å². The molecule has 1 fully saturated rings. The Morgan fingerprint density at radius 1 is 1.34 bits per heavy atom. The molecule has 1 aliphatic rings. The summed E-state index contributed by atoms with van der Waals surface area (Å²) in [5, 5.41) is 18.2. The molecule has 1 aromatic carbocycles. The molecular weight excluding hydrogens is 430 g/mol. The highest BCUT2D eigenvalue weighted by Gasteiger charge is 2.25. The van der Waals surface area contributed by atoms with E-state index in [9.17, 15) is 9.90 Å². The van der Waals surface area contributed by atoms with Crippen LogP contribution in [0.1, 0.15) is 16.9 Å². The molecule has 5 rings (SSSR count). The van der Waals surface area contributed by atoms with Gasteiger partial charge in [0.1, 0.15) is 12.1 Å². The number of benzene rings is 1. The average Bonchev–Trinajstić information content (AvgIpc) is 3.48. The molecule has 1 atom stereocenters. The number of aryl methyl sites for hydroxylation is 1. The van der Waals surface area contributed by atoms with Gasteiger partial charge in [-0.3, -0.25) is 9.48 Å². The van der Waals surface area contributed by atoms with Crippen molar-refractivity contribution >= 4 is 47.5 Å². The summed E-state index contributed by atoms with van der Waals surface area (Å²) in [4.78, 5) is 23.2. The van der Waals surface area contributed by atoms with Gasteiger partial charge in [0.15, 0.2) is 5.69 Å². The average molecular weight is 454 g/mol. The number of oxazole rings is 1. The molecule has 1 saturated heterocycles. The van der Waals surface area contributed by atoms with Gasteiger partial charge in [-0.2, -0.15) is 18.6 Å². The van der Waals surface area contributed by atoms with Gasteiger partial charge < -0.3 is 25.5 Å². The third-order valence-electron chi connectivity index (χ3n) is 5.38. The van der Waals surface area contributed by atoms with Crippen LogP contribution in [0.3, 0.4) is 0 Å². The highest BCUT2D eigenvalue weighted by molar-refractivity contribution is 7.59. The first-order valence-corrected chi connectivity index (χ1v) is 9.85. The van der Waals surface area contributed by atoms with E-state index in [2.05, 4.69) is 25.3 Å². The molecule has 166 valence electrons. The minimum Gasteiger partial charge on any atom is -0.444 e. The van der Waals surface area contributed by atoms with Gasteiger partial charge in [-0.05, 0) is 30.7 Å². The summed E-state index contributed by atoms with van der Waals surface area (Å²) in [6, 6.07) is 7.19. The molecule has 11 heteroatoms. The molecule has 4 aromatic rings. The number of carbonyl (C=O) groups excluding carboxylic acids is 1. The topological polar surface area (TPSA) is 135 Å². The van der Waals surface area contributed by atoms with Crippen LogP contribution in [0.5, 0.6) is 0 Å². The number of amides is 1. The number of pyridine rings is 1. The maximum Gasteiger partial charge on any atom is 0.277 e. The molecule has 3 aromatic heterocycles. The number of nitrogens with one attached hydrogen (secondary N) is 1. The van der Waals surface area contributed by atoms with Crippen LogP contribution in [0.25, 0.3) is 22.4 Å². The van der Waals surface area contributed by atoms with Crippen LogP contribution in [-0.4, -0.2) is 50.0 Å². The predicted molar refractivity (Wildman–Crippen MR) is 126 cm³/mol. The Balaban J connectivity index is 0.00000245. The third kappa shape index (κ3) is 3.99. The Morgan fingerprint density at radius 2 is 2.19 bits per heavy atom. The zero-order chi connectivity index (χ0) is 21.5. The Kier molecular flexibility index (Phi) is 5.76. The molecule has 0 bridgehead atoms. The zero-order valence-corrected chi connectivity index (χ0v) is 18.3. The lowest BCUT2D eigenvalue weighted by Gasteiger charge is -2.22. The zero-order valence-electron chi connectivity index (χ0n) is 17.3. The van der Waals surface area contributed by atoms with Crippen LogP contribution < -0.4 is 16.0 Å². The van der Waals surface area contributed by atoms with Gasteiger partial charge in [0, 0.05) is 37.3 Å². The number of carbonyl (C=O) groups is 1. The van der Waals surface area contributed by atoms with Crippen molar-refractivity contribution in [2.75, 3.05) is 29.0 Å². The Labute approximate surface area is 190 Å². The molecular formula is C21H23N7O3S. The summed E-state index contributed by atoms with van der Waals surface area (Å²) < 4.78 is 7.22. The maximum atomic E-state index is 13.0. The SMILES string of the molecule is Cn1ncc2cc(N3CC[C@H](O)C3)c(NC(=O)c3coc(-c4ccnc(N)c4)n3)cc21.S. The number of nitrogen functional groups attached to an aromatic ring is 1. The molecule has 1 aliphatic heterocycles. The number of anilines is 3. The third-order valence-corrected chi connectivity index (χ3v) is 5.38. The minimum atomic E-state index is -0.403. The van der Waals surface area contributed by atoms with E-state index in [-0.39, 0.29) is 31.2 Å². The number of rotatable bonds is 4. The first-order valence-electron chi connectivity index (χ1n) is 9.85. The number of β-amino-alcohol motifs (C(OH)–C–C–N with tert-alkyl or cyclic N) is 1. The molecule has 0 spiro atoms. The number of nitrogens with two attached hydrogens (primary N) is 1. The largest absolute Gasteiger partial charge is 0.444 e. The fourth-order valence-corrected chi connectivity index (χ4v) is 3.79. The summed E-state index contributed by atoms with van der Waals surface area (Å²) in [5.41, 5.74) is 8.82. The highest BCUT2D eigenvalue weighted by Crippen LogP contribution is 2.34. The smallest absolute Gasteiger partial charge is 0.277 e. The van der Waals surface area contributed by atoms with Crippen molar-refractivity contribution in [3.63, 3.8) is 0 Å². The van der Waals surface area contributed by atoms with Crippen molar-refractivity contribution in [1.82, 2.24) is 19.7 Å². The second-order valence-corrected chi connectivity index (χ2v) is 7.55. The number of hydrogen-bond acceptors (Lipinski definition) is 8.